The average Bonchev–Trinajstić information content (AvgIpc) is 3.00. The Balaban J connectivity index is 1.88. The molecule has 0 spiro atoms. The summed E-state index contributed by atoms with van der Waals surface area (Å²) in [4.78, 5) is 13.9. The first kappa shape index (κ1) is 16.4. The number of methoxy groups -OCH3 is 1. The third kappa shape index (κ3) is 3.10. The number of amides is 1. The zero-order chi connectivity index (χ0) is 17.3. The van der Waals surface area contributed by atoms with Gasteiger partial charge in [-0.15, -0.1) is 0 Å². The molecule has 2 N–H and O–H groups in total. The van der Waals surface area contributed by atoms with Crippen LogP contribution in [0.25, 0.3) is 11.1 Å². The Morgan fingerprint density at radius 3 is 2.58 bits per heavy atom. The molecule has 1 unspecified atom stereocenters. The molecule has 1 atom stereocenters. The molecule has 1 fully saturated rings. The van der Waals surface area contributed by atoms with E-state index >= 15 is 0 Å². The Morgan fingerprint density at radius 2 is 2.00 bits per heavy atom. The third-order valence-corrected chi connectivity index (χ3v) is 4.20. The Hall–Kier alpha value is -2.47. The van der Waals surface area contributed by atoms with Crippen molar-refractivity contribution in [1.82, 2.24) is 4.90 Å². The molecule has 4 nitrogen and oxygen atoms in total. The smallest absolute Gasteiger partial charge is 0.256 e. The molecule has 2 aromatic rings. The lowest BCUT2D eigenvalue weighted by Crippen LogP contribution is -2.32. The first-order valence-corrected chi connectivity index (χ1v) is 7.68. The van der Waals surface area contributed by atoms with Crippen LogP contribution in [0.15, 0.2) is 36.4 Å². The van der Waals surface area contributed by atoms with Crippen LogP contribution in [0.1, 0.15) is 16.8 Å². The summed E-state index contributed by atoms with van der Waals surface area (Å²) in [5.41, 5.74) is 6.36. The second-order valence-electron chi connectivity index (χ2n) is 5.84. The van der Waals surface area contributed by atoms with Crippen molar-refractivity contribution in [3.05, 3.63) is 53.6 Å². The van der Waals surface area contributed by atoms with Gasteiger partial charge in [-0.1, -0.05) is 6.07 Å². The van der Waals surface area contributed by atoms with Gasteiger partial charge in [0.05, 0.1) is 12.7 Å². The maximum absolute atomic E-state index is 14.4. The average molecular weight is 332 g/mol. The highest BCUT2D eigenvalue weighted by Crippen LogP contribution is 2.28. The minimum absolute atomic E-state index is 0.0261. The topological polar surface area (TPSA) is 55.6 Å². The van der Waals surface area contributed by atoms with Crippen LogP contribution < -0.4 is 10.5 Å². The van der Waals surface area contributed by atoms with Gasteiger partial charge in [0.15, 0.2) is 0 Å². The normalized spacial score (nSPS) is 17.2. The van der Waals surface area contributed by atoms with E-state index in [4.69, 9.17) is 10.5 Å². The Kier molecular flexibility index (Phi) is 4.49. The SMILES string of the molecule is COc1ccc(-c2ccc(C(=O)N3CCC(N)C3)c(F)c2)c(F)c1. The van der Waals surface area contributed by atoms with Crippen molar-refractivity contribution >= 4 is 5.91 Å². The van der Waals surface area contributed by atoms with E-state index in [1.165, 1.54) is 42.3 Å². The van der Waals surface area contributed by atoms with Gasteiger partial charge >= 0.3 is 0 Å². The summed E-state index contributed by atoms with van der Waals surface area (Å²) in [5, 5.41) is 0. The van der Waals surface area contributed by atoms with Gasteiger partial charge in [0, 0.05) is 30.8 Å². The molecule has 0 bridgehead atoms. The number of hydrogen-bond donors (Lipinski definition) is 1. The molecule has 1 aliphatic heterocycles. The minimum Gasteiger partial charge on any atom is -0.497 e. The van der Waals surface area contributed by atoms with Crippen molar-refractivity contribution in [1.29, 1.82) is 0 Å². The highest BCUT2D eigenvalue weighted by atomic mass is 19.1. The van der Waals surface area contributed by atoms with E-state index in [1.807, 2.05) is 0 Å². The lowest BCUT2D eigenvalue weighted by atomic mass is 10.0. The van der Waals surface area contributed by atoms with Crippen molar-refractivity contribution in [3.63, 3.8) is 0 Å². The van der Waals surface area contributed by atoms with Gasteiger partial charge in [-0.25, -0.2) is 8.78 Å². The number of carbonyl (C=O) groups is 1. The summed E-state index contributed by atoms with van der Waals surface area (Å²) in [6.07, 6.45) is 0.711. The summed E-state index contributed by atoms with van der Waals surface area (Å²) < 4.78 is 33.5. The number of ether oxygens (including phenoxy) is 1. The van der Waals surface area contributed by atoms with Gasteiger partial charge in [-0.3, -0.25) is 4.79 Å². The molecule has 0 aromatic heterocycles. The number of nitrogens with two attached hydrogens (primary N) is 1. The van der Waals surface area contributed by atoms with E-state index in [9.17, 15) is 13.6 Å². The van der Waals surface area contributed by atoms with Crippen molar-refractivity contribution in [2.45, 2.75) is 12.5 Å². The fourth-order valence-corrected chi connectivity index (χ4v) is 2.86. The Morgan fingerprint density at radius 1 is 1.21 bits per heavy atom. The summed E-state index contributed by atoms with van der Waals surface area (Å²) in [6.45, 7) is 0.946. The molecule has 1 amide bonds. The summed E-state index contributed by atoms with van der Waals surface area (Å²) in [5.74, 6) is -1.19. The van der Waals surface area contributed by atoms with Crippen LogP contribution in [0.2, 0.25) is 0 Å². The maximum Gasteiger partial charge on any atom is 0.256 e. The first-order chi connectivity index (χ1) is 11.5. The van der Waals surface area contributed by atoms with Crippen LogP contribution in [0, 0.1) is 11.6 Å². The quantitative estimate of drug-likeness (QED) is 0.940. The van der Waals surface area contributed by atoms with Gasteiger partial charge < -0.3 is 15.4 Å². The highest BCUT2D eigenvalue weighted by Gasteiger charge is 2.26. The largest absolute Gasteiger partial charge is 0.497 e. The summed E-state index contributed by atoms with van der Waals surface area (Å²) >= 11 is 0. The zero-order valence-corrected chi connectivity index (χ0v) is 13.3. The van der Waals surface area contributed by atoms with E-state index in [0.717, 1.165) is 0 Å². The van der Waals surface area contributed by atoms with Crippen LogP contribution in [0.4, 0.5) is 8.78 Å². The zero-order valence-electron chi connectivity index (χ0n) is 13.3. The third-order valence-electron chi connectivity index (χ3n) is 4.20. The number of benzene rings is 2. The number of nitrogens with zero attached hydrogens (tertiary/aromatic N) is 1. The van der Waals surface area contributed by atoms with Crippen LogP contribution >= 0.6 is 0 Å². The molecule has 2 aromatic carbocycles. The number of halogens is 2. The number of rotatable bonds is 3. The summed E-state index contributed by atoms with van der Waals surface area (Å²) in [6, 6.07) is 8.39. The van der Waals surface area contributed by atoms with Crippen molar-refractivity contribution in [3.8, 4) is 16.9 Å². The number of hydrogen-bond acceptors (Lipinski definition) is 3. The van der Waals surface area contributed by atoms with Crippen LogP contribution in [-0.2, 0) is 0 Å². The van der Waals surface area contributed by atoms with E-state index in [0.29, 0.717) is 30.8 Å². The van der Waals surface area contributed by atoms with Crippen LogP contribution in [0.5, 0.6) is 5.75 Å². The molecule has 3 rings (SSSR count). The van der Waals surface area contributed by atoms with Gasteiger partial charge in [-0.05, 0) is 36.2 Å². The fourth-order valence-electron chi connectivity index (χ4n) is 2.86. The lowest BCUT2D eigenvalue weighted by Gasteiger charge is -2.16. The molecule has 0 radical (unpaired) electrons. The predicted octanol–water partition coefficient (Wildman–Crippen LogP) is 2.81. The molecule has 1 saturated heterocycles. The fraction of sp³-hybridized carbons (Fsp3) is 0.278. The second kappa shape index (κ2) is 6.57. The number of carbonyl (C=O) groups excluding carboxylic acids is 1. The molecule has 1 heterocycles. The van der Waals surface area contributed by atoms with E-state index in [-0.39, 0.29) is 23.1 Å². The standard InChI is InChI=1S/C18H18F2N2O2/c1-24-13-3-5-14(17(20)9-13)11-2-4-15(16(19)8-11)18(23)22-7-6-12(21)10-22/h2-5,8-9,12H,6-7,10,21H2,1H3. The first-order valence-electron chi connectivity index (χ1n) is 7.68. The van der Waals surface area contributed by atoms with Crippen LogP contribution in [0.3, 0.4) is 0 Å². The Labute approximate surface area is 138 Å². The molecule has 24 heavy (non-hydrogen) atoms. The summed E-state index contributed by atoms with van der Waals surface area (Å²) in [7, 11) is 1.44. The van der Waals surface area contributed by atoms with Crippen molar-refractivity contribution in [2.75, 3.05) is 20.2 Å². The predicted molar refractivity (Wildman–Crippen MR) is 86.8 cm³/mol. The van der Waals surface area contributed by atoms with Crippen molar-refractivity contribution in [2.24, 2.45) is 5.73 Å². The molecule has 126 valence electrons. The molecule has 6 heteroatoms. The van der Waals surface area contributed by atoms with Crippen molar-refractivity contribution < 1.29 is 18.3 Å². The molecule has 1 aliphatic rings. The maximum atomic E-state index is 14.4. The monoisotopic (exact) mass is 332 g/mol. The van der Waals surface area contributed by atoms with E-state index in [2.05, 4.69) is 0 Å². The van der Waals surface area contributed by atoms with Gasteiger partial charge in [0.1, 0.15) is 17.4 Å². The minimum atomic E-state index is -0.673. The molecule has 0 aliphatic carbocycles. The Bertz CT molecular complexity index is 780. The van der Waals surface area contributed by atoms with Crippen LogP contribution in [-0.4, -0.2) is 37.0 Å². The molecular weight excluding hydrogens is 314 g/mol. The highest BCUT2D eigenvalue weighted by molar-refractivity contribution is 5.95. The lowest BCUT2D eigenvalue weighted by molar-refractivity contribution is 0.0786. The van der Waals surface area contributed by atoms with Gasteiger partial charge in [-0.2, -0.15) is 0 Å². The van der Waals surface area contributed by atoms with Gasteiger partial charge in [0.2, 0.25) is 0 Å². The molecular formula is C18H18F2N2O2. The van der Waals surface area contributed by atoms with E-state index < -0.39 is 11.6 Å². The number of likely N-dealkylation sites (tertiary alicyclic amines) is 1. The van der Waals surface area contributed by atoms with E-state index in [1.54, 1.807) is 6.07 Å². The van der Waals surface area contributed by atoms with Gasteiger partial charge in [0.25, 0.3) is 5.91 Å². The second-order valence-corrected chi connectivity index (χ2v) is 5.84. The molecule has 0 saturated carbocycles.